The van der Waals surface area contributed by atoms with Crippen molar-refractivity contribution in [3.8, 4) is 0 Å². The first-order valence-corrected chi connectivity index (χ1v) is 11.7. The molecule has 0 saturated carbocycles. The number of carbonyl (C=O) groups is 2. The van der Waals surface area contributed by atoms with Crippen LogP contribution in [0.2, 0.25) is 0 Å². The van der Waals surface area contributed by atoms with Gasteiger partial charge in [0.25, 0.3) is 5.91 Å². The quantitative estimate of drug-likeness (QED) is 0.535. The number of nitrogens with zero attached hydrogens (tertiary/aromatic N) is 2. The highest BCUT2D eigenvalue weighted by molar-refractivity contribution is 7.10. The van der Waals surface area contributed by atoms with Crippen molar-refractivity contribution < 1.29 is 14.0 Å². The molecule has 0 fully saturated rings. The Morgan fingerprint density at radius 3 is 2.50 bits per heavy atom. The average molecular weight is 451 g/mol. The molecule has 1 aliphatic rings. The summed E-state index contributed by atoms with van der Waals surface area (Å²) < 4.78 is 13.3. The minimum absolute atomic E-state index is 0.0181. The van der Waals surface area contributed by atoms with E-state index in [-0.39, 0.29) is 30.4 Å². The summed E-state index contributed by atoms with van der Waals surface area (Å²) in [6, 6.07) is 15.4. The number of thiophene rings is 1. The fraction of sp³-hybridized carbons (Fsp3) is 0.308. The molecule has 1 aromatic heterocycles. The normalized spacial score (nSPS) is 15.5. The molecule has 32 heavy (non-hydrogen) atoms. The Bertz CT molecular complexity index is 1120. The van der Waals surface area contributed by atoms with Crippen LogP contribution in [0.5, 0.6) is 0 Å². The summed E-state index contributed by atoms with van der Waals surface area (Å²) in [6.45, 7) is 6.44. The van der Waals surface area contributed by atoms with Gasteiger partial charge in [-0.2, -0.15) is 0 Å². The Hall–Kier alpha value is -2.99. The SMILES string of the molecule is Cc1ccccc1C1c2ccsc2CCN1C(=O)CN(C(=O)c1ccc(F)cc1)C(C)C. The van der Waals surface area contributed by atoms with E-state index in [4.69, 9.17) is 0 Å². The van der Waals surface area contributed by atoms with Gasteiger partial charge in [0, 0.05) is 23.0 Å². The van der Waals surface area contributed by atoms with E-state index < -0.39 is 5.82 Å². The molecule has 2 aromatic carbocycles. The van der Waals surface area contributed by atoms with Crippen LogP contribution in [-0.4, -0.2) is 40.7 Å². The molecule has 166 valence electrons. The Morgan fingerprint density at radius 1 is 1.09 bits per heavy atom. The number of benzene rings is 2. The van der Waals surface area contributed by atoms with E-state index in [9.17, 15) is 14.0 Å². The summed E-state index contributed by atoms with van der Waals surface area (Å²) in [5.41, 5.74) is 3.80. The topological polar surface area (TPSA) is 40.6 Å². The number of carbonyl (C=O) groups excluding carboxylic acids is 2. The highest BCUT2D eigenvalue weighted by Crippen LogP contribution is 2.39. The molecule has 3 aromatic rings. The van der Waals surface area contributed by atoms with Crippen LogP contribution in [0.1, 0.15) is 51.8 Å². The summed E-state index contributed by atoms with van der Waals surface area (Å²) in [5.74, 6) is -0.747. The minimum atomic E-state index is -0.394. The van der Waals surface area contributed by atoms with E-state index in [1.807, 2.05) is 30.9 Å². The molecule has 1 atom stereocenters. The molecule has 2 heterocycles. The molecular weight excluding hydrogens is 423 g/mol. The second-order valence-electron chi connectivity index (χ2n) is 8.43. The predicted octanol–water partition coefficient (Wildman–Crippen LogP) is 5.22. The first-order valence-electron chi connectivity index (χ1n) is 10.8. The molecule has 0 radical (unpaired) electrons. The predicted molar refractivity (Wildman–Crippen MR) is 125 cm³/mol. The van der Waals surface area contributed by atoms with Crippen LogP contribution in [0.25, 0.3) is 0 Å². The van der Waals surface area contributed by atoms with E-state index in [0.717, 1.165) is 17.5 Å². The van der Waals surface area contributed by atoms with Crippen molar-refractivity contribution in [3.05, 3.63) is 92.9 Å². The van der Waals surface area contributed by atoms with Crippen molar-refractivity contribution in [1.82, 2.24) is 9.80 Å². The molecule has 2 amide bonds. The molecule has 4 rings (SSSR count). The monoisotopic (exact) mass is 450 g/mol. The van der Waals surface area contributed by atoms with Crippen LogP contribution in [0.4, 0.5) is 4.39 Å². The van der Waals surface area contributed by atoms with Crippen molar-refractivity contribution in [1.29, 1.82) is 0 Å². The van der Waals surface area contributed by atoms with Crippen LogP contribution in [0.15, 0.2) is 60.0 Å². The fourth-order valence-electron chi connectivity index (χ4n) is 4.30. The number of aryl methyl sites for hydroxylation is 1. The van der Waals surface area contributed by atoms with Gasteiger partial charge < -0.3 is 9.80 Å². The summed E-state index contributed by atoms with van der Waals surface area (Å²) in [5, 5.41) is 2.09. The summed E-state index contributed by atoms with van der Waals surface area (Å²) >= 11 is 1.73. The third kappa shape index (κ3) is 4.32. The highest BCUT2D eigenvalue weighted by atomic mass is 32.1. The Labute approximate surface area is 192 Å². The first-order chi connectivity index (χ1) is 15.4. The molecule has 0 spiro atoms. The lowest BCUT2D eigenvalue weighted by Crippen LogP contribution is -2.48. The van der Waals surface area contributed by atoms with Crippen LogP contribution in [0.3, 0.4) is 0 Å². The van der Waals surface area contributed by atoms with E-state index in [0.29, 0.717) is 12.1 Å². The lowest BCUT2D eigenvalue weighted by atomic mass is 9.90. The maximum absolute atomic E-state index is 13.6. The van der Waals surface area contributed by atoms with Crippen molar-refractivity contribution in [2.24, 2.45) is 0 Å². The van der Waals surface area contributed by atoms with E-state index in [2.05, 4.69) is 30.5 Å². The van der Waals surface area contributed by atoms with Gasteiger partial charge in [0.2, 0.25) is 5.91 Å². The van der Waals surface area contributed by atoms with Crippen LogP contribution < -0.4 is 0 Å². The maximum atomic E-state index is 13.6. The molecule has 0 saturated heterocycles. The van der Waals surface area contributed by atoms with Crippen LogP contribution in [0, 0.1) is 12.7 Å². The molecule has 0 N–H and O–H groups in total. The van der Waals surface area contributed by atoms with Crippen molar-refractivity contribution in [2.75, 3.05) is 13.1 Å². The number of rotatable bonds is 5. The lowest BCUT2D eigenvalue weighted by Gasteiger charge is -2.38. The standard InChI is InChI=1S/C26H27FN2O2S/c1-17(2)29(26(31)19-8-10-20(27)11-9-19)16-24(30)28-14-12-23-22(13-15-32-23)25(28)21-7-5-4-6-18(21)3/h4-11,13,15,17,25H,12,14,16H2,1-3H3. The van der Waals surface area contributed by atoms with Gasteiger partial charge >= 0.3 is 0 Å². The third-order valence-electron chi connectivity index (χ3n) is 6.05. The smallest absolute Gasteiger partial charge is 0.254 e. The number of fused-ring (bicyclic) bond motifs is 1. The van der Waals surface area contributed by atoms with Gasteiger partial charge in [0.1, 0.15) is 12.4 Å². The van der Waals surface area contributed by atoms with Gasteiger partial charge in [-0.3, -0.25) is 9.59 Å². The fourth-order valence-corrected chi connectivity index (χ4v) is 5.20. The minimum Gasteiger partial charge on any atom is -0.330 e. The number of hydrogen-bond acceptors (Lipinski definition) is 3. The molecule has 4 nitrogen and oxygen atoms in total. The molecule has 0 bridgehead atoms. The second kappa shape index (κ2) is 9.25. The Balaban J connectivity index is 1.63. The number of hydrogen-bond donors (Lipinski definition) is 0. The van der Waals surface area contributed by atoms with Gasteiger partial charge in [0.15, 0.2) is 0 Å². The van der Waals surface area contributed by atoms with Crippen molar-refractivity contribution in [2.45, 2.75) is 39.3 Å². The average Bonchev–Trinajstić information content (AvgIpc) is 3.26. The van der Waals surface area contributed by atoms with Gasteiger partial charge in [-0.15, -0.1) is 11.3 Å². The zero-order chi connectivity index (χ0) is 22.8. The van der Waals surface area contributed by atoms with Gasteiger partial charge in [-0.1, -0.05) is 24.3 Å². The Morgan fingerprint density at radius 2 is 1.81 bits per heavy atom. The highest BCUT2D eigenvalue weighted by Gasteiger charge is 2.35. The lowest BCUT2D eigenvalue weighted by molar-refractivity contribution is -0.134. The number of amides is 2. The van der Waals surface area contributed by atoms with E-state index >= 15 is 0 Å². The summed E-state index contributed by atoms with van der Waals surface area (Å²) in [6.07, 6.45) is 0.814. The third-order valence-corrected chi connectivity index (χ3v) is 7.05. The Kier molecular flexibility index (Phi) is 6.42. The van der Waals surface area contributed by atoms with Gasteiger partial charge in [-0.25, -0.2) is 4.39 Å². The largest absolute Gasteiger partial charge is 0.330 e. The van der Waals surface area contributed by atoms with Crippen molar-refractivity contribution in [3.63, 3.8) is 0 Å². The maximum Gasteiger partial charge on any atom is 0.254 e. The van der Waals surface area contributed by atoms with Crippen LogP contribution in [-0.2, 0) is 11.2 Å². The molecule has 1 unspecified atom stereocenters. The molecular formula is C26H27FN2O2S. The number of halogens is 1. The van der Waals surface area contributed by atoms with Crippen LogP contribution >= 0.6 is 11.3 Å². The summed E-state index contributed by atoms with van der Waals surface area (Å²) in [7, 11) is 0. The zero-order valence-corrected chi connectivity index (χ0v) is 19.4. The van der Waals surface area contributed by atoms with Gasteiger partial charge in [0.05, 0.1) is 6.04 Å². The van der Waals surface area contributed by atoms with Crippen molar-refractivity contribution >= 4 is 23.2 Å². The van der Waals surface area contributed by atoms with E-state index in [1.54, 1.807) is 16.2 Å². The zero-order valence-electron chi connectivity index (χ0n) is 18.5. The molecule has 1 aliphatic heterocycles. The molecule has 6 heteroatoms. The van der Waals surface area contributed by atoms with E-state index in [1.165, 1.54) is 34.7 Å². The van der Waals surface area contributed by atoms with Gasteiger partial charge in [-0.05, 0) is 79.6 Å². The summed E-state index contributed by atoms with van der Waals surface area (Å²) in [4.78, 5) is 31.5. The second-order valence-corrected chi connectivity index (χ2v) is 9.43. The molecule has 0 aliphatic carbocycles. The first kappa shape index (κ1) is 22.2.